The van der Waals surface area contributed by atoms with Crippen molar-refractivity contribution in [2.45, 2.75) is 50.2 Å². The van der Waals surface area contributed by atoms with Gasteiger partial charge < -0.3 is 33.4 Å². The zero-order valence-electron chi connectivity index (χ0n) is 31.6. The normalized spacial score (nSPS) is 13.6. The van der Waals surface area contributed by atoms with E-state index >= 15 is 0 Å². The number of anilines is 1. The molecule has 1 fully saturated rings. The van der Waals surface area contributed by atoms with Crippen LogP contribution >= 0.6 is 11.8 Å². The standard InChI is InChI=1S/C39H44N4O13S/c1-41(34-9-5-6-20-40-34)21-24-52-30-14-10-29(11-15-30)26-33-38(47)42(39(48)57-33)27-54-36(45)18-19-37(46)56-31-16-12-28(25-32(31)51-2)13-17-35(44)53-22-7-3-4-8-23-55-43(49)50/h5-6,9-17,20,25,33H,3-4,7-8,18-19,21-24,26-27H2,1-2H3/b17-13+. The van der Waals surface area contributed by atoms with Crippen LogP contribution in [-0.4, -0.2) is 96.5 Å². The first-order chi connectivity index (χ1) is 27.5. The third-order valence-electron chi connectivity index (χ3n) is 8.28. The smallest absolute Gasteiger partial charge is 0.330 e. The highest BCUT2D eigenvalue weighted by Gasteiger charge is 2.40. The van der Waals surface area contributed by atoms with Crippen LogP contribution in [0, 0.1) is 10.1 Å². The van der Waals surface area contributed by atoms with Gasteiger partial charge in [-0.05, 0) is 79.3 Å². The molecular formula is C39H44N4O13S. The Balaban J connectivity index is 1.12. The third-order valence-corrected chi connectivity index (χ3v) is 9.35. The van der Waals surface area contributed by atoms with Crippen LogP contribution in [0.4, 0.5) is 10.6 Å². The van der Waals surface area contributed by atoms with Crippen molar-refractivity contribution in [2.75, 3.05) is 52.2 Å². The van der Waals surface area contributed by atoms with Crippen molar-refractivity contribution in [1.82, 2.24) is 9.88 Å². The number of ether oxygens (including phenoxy) is 5. The van der Waals surface area contributed by atoms with Gasteiger partial charge in [0.1, 0.15) is 18.2 Å². The third kappa shape index (κ3) is 15.1. The fourth-order valence-electron chi connectivity index (χ4n) is 5.22. The van der Waals surface area contributed by atoms with E-state index in [1.165, 1.54) is 25.3 Å². The maximum absolute atomic E-state index is 13.0. The number of rotatable bonds is 24. The van der Waals surface area contributed by atoms with E-state index in [9.17, 15) is 34.1 Å². The number of carbonyl (C=O) groups excluding carboxylic acids is 5. The van der Waals surface area contributed by atoms with Crippen molar-refractivity contribution in [3.05, 3.63) is 94.2 Å². The van der Waals surface area contributed by atoms with E-state index in [-0.39, 0.29) is 44.0 Å². The number of benzene rings is 2. The summed E-state index contributed by atoms with van der Waals surface area (Å²) in [4.78, 5) is 84.0. The van der Waals surface area contributed by atoms with E-state index in [2.05, 4.69) is 9.82 Å². The van der Waals surface area contributed by atoms with Crippen molar-refractivity contribution < 1.29 is 57.6 Å². The molecule has 1 atom stereocenters. The number of carbonyl (C=O) groups is 5. The lowest BCUT2D eigenvalue weighted by Crippen LogP contribution is -2.35. The topological polar surface area (TPSA) is 203 Å². The number of aromatic nitrogens is 1. The summed E-state index contributed by atoms with van der Waals surface area (Å²) < 4.78 is 26.8. The van der Waals surface area contributed by atoms with Gasteiger partial charge >= 0.3 is 17.9 Å². The Hall–Kier alpha value is -6.17. The number of pyridine rings is 1. The molecule has 2 aromatic carbocycles. The molecule has 1 aromatic heterocycles. The van der Waals surface area contributed by atoms with Crippen molar-refractivity contribution in [2.24, 2.45) is 0 Å². The maximum Gasteiger partial charge on any atom is 0.330 e. The van der Waals surface area contributed by atoms with Crippen LogP contribution in [0.2, 0.25) is 0 Å². The number of likely N-dealkylation sites (N-methyl/N-ethyl adjacent to an activating group) is 1. The number of methoxy groups -OCH3 is 1. The molecule has 0 N–H and O–H groups in total. The van der Waals surface area contributed by atoms with Crippen LogP contribution < -0.4 is 19.1 Å². The minimum atomic E-state index is -0.833. The lowest BCUT2D eigenvalue weighted by molar-refractivity contribution is -0.757. The number of hydrogen-bond donors (Lipinski definition) is 0. The highest BCUT2D eigenvalue weighted by atomic mass is 32.2. The lowest BCUT2D eigenvalue weighted by atomic mass is 10.1. The zero-order chi connectivity index (χ0) is 41.0. The first-order valence-electron chi connectivity index (χ1n) is 18.0. The minimum Gasteiger partial charge on any atom is -0.493 e. The molecule has 1 saturated heterocycles. The lowest BCUT2D eigenvalue weighted by Gasteiger charge is -2.18. The second-order valence-corrected chi connectivity index (χ2v) is 13.6. The average Bonchev–Trinajstić information content (AvgIpc) is 3.47. The van der Waals surface area contributed by atoms with Gasteiger partial charge in [0.05, 0.1) is 45.0 Å². The number of unbranched alkanes of at least 4 members (excludes halogenated alkanes) is 3. The highest BCUT2D eigenvalue weighted by molar-refractivity contribution is 8.15. The average molecular weight is 809 g/mol. The predicted molar refractivity (Wildman–Crippen MR) is 207 cm³/mol. The molecule has 0 spiro atoms. The Bertz CT molecular complexity index is 1860. The van der Waals surface area contributed by atoms with Gasteiger partial charge in [0.15, 0.2) is 18.2 Å². The maximum atomic E-state index is 13.0. The molecule has 1 aliphatic rings. The zero-order valence-corrected chi connectivity index (χ0v) is 32.4. The van der Waals surface area contributed by atoms with Gasteiger partial charge in [-0.1, -0.05) is 42.4 Å². The first-order valence-corrected chi connectivity index (χ1v) is 18.9. The van der Waals surface area contributed by atoms with Gasteiger partial charge in [0.25, 0.3) is 10.3 Å². The quantitative estimate of drug-likeness (QED) is 0.0277. The molecule has 57 heavy (non-hydrogen) atoms. The van der Waals surface area contributed by atoms with Gasteiger partial charge in [0, 0.05) is 19.3 Å². The van der Waals surface area contributed by atoms with Crippen molar-refractivity contribution >= 4 is 52.7 Å². The molecule has 2 amide bonds. The van der Waals surface area contributed by atoms with E-state index in [0.717, 1.165) is 34.5 Å². The summed E-state index contributed by atoms with van der Waals surface area (Å²) in [5.74, 6) is -0.803. The first kappa shape index (κ1) is 43.6. The predicted octanol–water partition coefficient (Wildman–Crippen LogP) is 5.42. The van der Waals surface area contributed by atoms with Crippen LogP contribution in [0.1, 0.15) is 49.7 Å². The molecule has 0 saturated carbocycles. The van der Waals surface area contributed by atoms with Gasteiger partial charge in [0.2, 0.25) is 5.91 Å². The summed E-state index contributed by atoms with van der Waals surface area (Å²) in [5, 5.41) is 8.06. The monoisotopic (exact) mass is 808 g/mol. The van der Waals surface area contributed by atoms with E-state index < -0.39 is 46.1 Å². The summed E-state index contributed by atoms with van der Waals surface area (Å²) in [6.07, 6.45) is 6.60. The SMILES string of the molecule is COc1cc(/C=C/C(=O)OCCCCCCO[N+](=O)[O-])ccc1OC(=O)CCC(=O)OCN1C(=O)SC(Cc2ccc(OCCN(C)c3ccccn3)cc2)C1=O. The molecule has 18 heteroatoms. The Morgan fingerprint density at radius 1 is 0.930 bits per heavy atom. The number of amides is 2. The van der Waals surface area contributed by atoms with Gasteiger partial charge in [-0.25, -0.2) is 14.7 Å². The molecule has 4 rings (SSSR count). The van der Waals surface area contributed by atoms with Crippen molar-refractivity contribution in [3.8, 4) is 17.2 Å². The van der Waals surface area contributed by atoms with Crippen molar-refractivity contribution in [1.29, 1.82) is 0 Å². The van der Waals surface area contributed by atoms with E-state index in [0.29, 0.717) is 43.7 Å². The Labute approximate surface area is 333 Å². The number of nitrogens with zero attached hydrogens (tertiary/aromatic N) is 4. The van der Waals surface area contributed by atoms with Crippen LogP contribution in [0.15, 0.2) is 72.9 Å². The van der Waals surface area contributed by atoms with E-state index in [1.54, 1.807) is 30.5 Å². The summed E-state index contributed by atoms with van der Waals surface area (Å²) in [5.41, 5.74) is 1.39. The molecule has 1 unspecified atom stereocenters. The molecule has 1 aliphatic heterocycles. The number of esters is 3. The Morgan fingerprint density at radius 3 is 2.40 bits per heavy atom. The van der Waals surface area contributed by atoms with Crippen molar-refractivity contribution in [3.63, 3.8) is 0 Å². The largest absolute Gasteiger partial charge is 0.493 e. The number of imide groups is 1. The summed E-state index contributed by atoms with van der Waals surface area (Å²) >= 11 is 0.855. The molecule has 3 aromatic rings. The second-order valence-electron chi connectivity index (χ2n) is 12.4. The molecular weight excluding hydrogens is 765 g/mol. The van der Waals surface area contributed by atoms with Crippen LogP contribution in [0.5, 0.6) is 17.2 Å². The Morgan fingerprint density at radius 2 is 1.68 bits per heavy atom. The van der Waals surface area contributed by atoms with E-state index in [4.69, 9.17) is 23.7 Å². The number of thioether (sulfide) groups is 1. The minimum absolute atomic E-state index is 0.0310. The fourth-order valence-corrected chi connectivity index (χ4v) is 6.23. The molecule has 0 aliphatic carbocycles. The number of hydrogen-bond acceptors (Lipinski definition) is 16. The fraction of sp³-hybridized carbons (Fsp3) is 0.385. The van der Waals surface area contributed by atoms with Crippen LogP contribution in [0.25, 0.3) is 6.08 Å². The van der Waals surface area contributed by atoms with Gasteiger partial charge in [-0.2, -0.15) is 0 Å². The summed E-state index contributed by atoms with van der Waals surface area (Å²) in [6.45, 7) is 0.723. The summed E-state index contributed by atoms with van der Waals surface area (Å²) in [7, 11) is 3.30. The molecule has 17 nitrogen and oxygen atoms in total. The molecule has 304 valence electrons. The van der Waals surface area contributed by atoms with Gasteiger partial charge in [-0.15, -0.1) is 10.1 Å². The van der Waals surface area contributed by atoms with Crippen LogP contribution in [0.3, 0.4) is 0 Å². The van der Waals surface area contributed by atoms with E-state index in [1.807, 2.05) is 42.3 Å². The van der Waals surface area contributed by atoms with Crippen LogP contribution in [-0.2, 0) is 39.9 Å². The molecule has 0 radical (unpaired) electrons. The van der Waals surface area contributed by atoms with Gasteiger partial charge in [-0.3, -0.25) is 19.2 Å². The second kappa shape index (κ2) is 23.0. The molecule has 0 bridgehead atoms. The molecule has 2 heterocycles. The summed E-state index contributed by atoms with van der Waals surface area (Å²) in [6, 6.07) is 17.5. The Kier molecular flexibility index (Phi) is 17.6. The highest BCUT2D eigenvalue weighted by Crippen LogP contribution is 2.31.